The van der Waals surface area contributed by atoms with Gasteiger partial charge < -0.3 is 10.3 Å². The van der Waals surface area contributed by atoms with Gasteiger partial charge >= 0.3 is 0 Å². The van der Waals surface area contributed by atoms with Crippen LogP contribution in [0.4, 0.5) is 5.69 Å². The number of nitrogen functional groups attached to an aromatic ring is 1. The fraction of sp³-hybridized carbons (Fsp3) is 0.214. The Kier molecular flexibility index (Phi) is 2.37. The molecular weight excluding hydrogens is 224 g/mol. The minimum atomic E-state index is 0.787. The smallest absolute Gasteiger partial charge is 0.0717 e. The Balaban J connectivity index is 2.08. The van der Waals surface area contributed by atoms with Crippen molar-refractivity contribution in [1.82, 2.24) is 14.3 Å². The number of hydrogen-bond acceptors (Lipinski definition) is 2. The summed E-state index contributed by atoms with van der Waals surface area (Å²) in [6, 6.07) is 10.2. The zero-order chi connectivity index (χ0) is 12.7. The summed E-state index contributed by atoms with van der Waals surface area (Å²) in [5.74, 6) is 0. The van der Waals surface area contributed by atoms with Gasteiger partial charge in [-0.1, -0.05) is 12.1 Å². The van der Waals surface area contributed by atoms with Crippen molar-refractivity contribution in [3.05, 3.63) is 47.9 Å². The van der Waals surface area contributed by atoms with Gasteiger partial charge in [-0.05, 0) is 25.1 Å². The minimum absolute atomic E-state index is 0.787. The molecule has 0 spiro atoms. The molecule has 0 atom stereocenters. The van der Waals surface area contributed by atoms with Crippen LogP contribution in [-0.2, 0) is 13.6 Å². The van der Waals surface area contributed by atoms with Gasteiger partial charge in [-0.25, -0.2) is 0 Å². The summed E-state index contributed by atoms with van der Waals surface area (Å²) in [4.78, 5) is 0. The molecule has 3 rings (SSSR count). The van der Waals surface area contributed by atoms with Gasteiger partial charge in [0.25, 0.3) is 0 Å². The van der Waals surface area contributed by atoms with E-state index in [4.69, 9.17) is 5.73 Å². The highest BCUT2D eigenvalue weighted by molar-refractivity contribution is 5.90. The lowest BCUT2D eigenvalue weighted by atomic mass is 10.2. The maximum Gasteiger partial charge on any atom is 0.0717 e. The van der Waals surface area contributed by atoms with Crippen LogP contribution in [0.25, 0.3) is 10.9 Å². The van der Waals surface area contributed by atoms with Crippen LogP contribution < -0.4 is 5.73 Å². The van der Waals surface area contributed by atoms with Crippen LogP contribution in [-0.4, -0.2) is 14.3 Å². The fourth-order valence-corrected chi connectivity index (χ4v) is 2.41. The lowest BCUT2D eigenvalue weighted by Gasteiger charge is -2.07. The van der Waals surface area contributed by atoms with Gasteiger partial charge in [0, 0.05) is 18.6 Å². The van der Waals surface area contributed by atoms with Gasteiger partial charge in [0.15, 0.2) is 0 Å². The number of para-hydroxylation sites is 1. The van der Waals surface area contributed by atoms with Crippen molar-refractivity contribution in [1.29, 1.82) is 0 Å². The molecule has 2 N–H and O–H groups in total. The van der Waals surface area contributed by atoms with E-state index < -0.39 is 0 Å². The van der Waals surface area contributed by atoms with Crippen molar-refractivity contribution in [2.75, 3.05) is 5.73 Å². The van der Waals surface area contributed by atoms with Crippen molar-refractivity contribution in [2.45, 2.75) is 13.5 Å². The molecule has 0 saturated carbocycles. The average Bonchev–Trinajstić information content (AvgIpc) is 2.85. The number of rotatable bonds is 2. The number of aryl methyl sites for hydroxylation is 2. The summed E-state index contributed by atoms with van der Waals surface area (Å²) >= 11 is 0. The molecule has 18 heavy (non-hydrogen) atoms. The molecule has 0 aliphatic heterocycles. The number of fused-ring (bicyclic) bond motifs is 1. The molecule has 3 aromatic rings. The number of benzene rings is 1. The van der Waals surface area contributed by atoms with E-state index >= 15 is 0 Å². The van der Waals surface area contributed by atoms with Gasteiger partial charge in [-0.15, -0.1) is 0 Å². The molecule has 0 fully saturated rings. The third kappa shape index (κ3) is 1.66. The summed E-state index contributed by atoms with van der Waals surface area (Å²) in [7, 11) is 1.97. The normalized spacial score (nSPS) is 11.2. The molecule has 0 bridgehead atoms. The van der Waals surface area contributed by atoms with E-state index in [0.717, 1.165) is 23.4 Å². The summed E-state index contributed by atoms with van der Waals surface area (Å²) in [5.41, 5.74) is 10.2. The molecule has 4 heteroatoms. The SMILES string of the molecule is Cc1cc(Cn2ccc3cccc(N)c32)n(C)n1. The van der Waals surface area contributed by atoms with Crippen LogP contribution in [0, 0.1) is 6.92 Å². The first kappa shape index (κ1) is 10.9. The number of hydrogen-bond donors (Lipinski definition) is 1. The second-order valence-corrected chi connectivity index (χ2v) is 4.63. The van der Waals surface area contributed by atoms with Crippen LogP contribution in [0.5, 0.6) is 0 Å². The third-order valence-corrected chi connectivity index (χ3v) is 3.25. The topological polar surface area (TPSA) is 48.8 Å². The van der Waals surface area contributed by atoms with Crippen molar-refractivity contribution < 1.29 is 0 Å². The monoisotopic (exact) mass is 240 g/mol. The van der Waals surface area contributed by atoms with E-state index in [1.54, 1.807) is 0 Å². The van der Waals surface area contributed by atoms with Crippen LogP contribution in [0.3, 0.4) is 0 Å². The standard InChI is InChI=1S/C14H16N4/c1-10-8-12(17(2)16-10)9-18-7-6-11-4-3-5-13(15)14(11)18/h3-8H,9,15H2,1-2H3. The fourth-order valence-electron chi connectivity index (χ4n) is 2.41. The van der Waals surface area contributed by atoms with E-state index in [1.807, 2.05) is 30.8 Å². The van der Waals surface area contributed by atoms with E-state index in [1.165, 1.54) is 11.1 Å². The third-order valence-electron chi connectivity index (χ3n) is 3.25. The number of nitrogens with two attached hydrogens (primary N) is 1. The number of anilines is 1. The Morgan fingerprint density at radius 2 is 2.11 bits per heavy atom. The van der Waals surface area contributed by atoms with Crippen molar-refractivity contribution >= 4 is 16.6 Å². The Morgan fingerprint density at radius 1 is 1.28 bits per heavy atom. The highest BCUT2D eigenvalue weighted by atomic mass is 15.3. The molecule has 0 amide bonds. The molecule has 0 aliphatic carbocycles. The molecule has 92 valence electrons. The summed E-state index contributed by atoms with van der Waals surface area (Å²) in [5, 5.41) is 5.54. The summed E-state index contributed by atoms with van der Waals surface area (Å²) < 4.78 is 4.08. The molecule has 0 saturated heterocycles. The van der Waals surface area contributed by atoms with Crippen molar-refractivity contribution in [3.8, 4) is 0 Å². The van der Waals surface area contributed by atoms with E-state index in [9.17, 15) is 0 Å². The van der Waals surface area contributed by atoms with E-state index in [2.05, 4.69) is 34.1 Å². The minimum Gasteiger partial charge on any atom is -0.397 e. The predicted octanol–water partition coefficient (Wildman–Crippen LogP) is 2.31. The van der Waals surface area contributed by atoms with Crippen LogP contribution in [0.1, 0.15) is 11.4 Å². The van der Waals surface area contributed by atoms with Gasteiger partial charge in [0.05, 0.1) is 29.1 Å². The number of nitrogens with zero attached hydrogens (tertiary/aromatic N) is 3. The first-order valence-electron chi connectivity index (χ1n) is 5.98. The molecule has 0 unspecified atom stereocenters. The molecular formula is C14H16N4. The van der Waals surface area contributed by atoms with Gasteiger partial charge in [0.2, 0.25) is 0 Å². The molecule has 0 radical (unpaired) electrons. The zero-order valence-corrected chi connectivity index (χ0v) is 10.6. The van der Waals surface area contributed by atoms with Gasteiger partial charge in [0.1, 0.15) is 0 Å². The Bertz CT molecular complexity index is 706. The predicted molar refractivity (Wildman–Crippen MR) is 73.4 cm³/mol. The first-order valence-corrected chi connectivity index (χ1v) is 5.98. The maximum absolute atomic E-state index is 6.06. The molecule has 4 nitrogen and oxygen atoms in total. The van der Waals surface area contributed by atoms with Crippen LogP contribution in [0.2, 0.25) is 0 Å². The quantitative estimate of drug-likeness (QED) is 0.699. The van der Waals surface area contributed by atoms with Gasteiger partial charge in [-0.3, -0.25) is 4.68 Å². The Morgan fingerprint density at radius 3 is 2.83 bits per heavy atom. The lowest BCUT2D eigenvalue weighted by molar-refractivity contribution is 0.673. The van der Waals surface area contributed by atoms with Crippen molar-refractivity contribution in [3.63, 3.8) is 0 Å². The molecule has 0 aliphatic rings. The molecule has 2 aromatic heterocycles. The van der Waals surface area contributed by atoms with Gasteiger partial charge in [-0.2, -0.15) is 5.10 Å². The average molecular weight is 240 g/mol. The van der Waals surface area contributed by atoms with Crippen LogP contribution >= 0.6 is 0 Å². The first-order chi connectivity index (χ1) is 8.65. The van der Waals surface area contributed by atoms with Crippen LogP contribution in [0.15, 0.2) is 36.5 Å². The highest BCUT2D eigenvalue weighted by Gasteiger charge is 2.07. The van der Waals surface area contributed by atoms with E-state index in [-0.39, 0.29) is 0 Å². The summed E-state index contributed by atoms with van der Waals surface area (Å²) in [6.45, 7) is 2.79. The Labute approximate surface area is 106 Å². The van der Waals surface area contributed by atoms with Crippen molar-refractivity contribution in [2.24, 2.45) is 7.05 Å². The largest absolute Gasteiger partial charge is 0.397 e. The Hall–Kier alpha value is -2.23. The second kappa shape index (κ2) is 3.91. The van der Waals surface area contributed by atoms with E-state index in [0.29, 0.717) is 0 Å². The second-order valence-electron chi connectivity index (χ2n) is 4.63. The maximum atomic E-state index is 6.06. The lowest BCUT2D eigenvalue weighted by Crippen LogP contribution is -2.05. The molecule has 2 heterocycles. The zero-order valence-electron chi connectivity index (χ0n) is 10.6. The molecule has 1 aromatic carbocycles. The highest BCUT2D eigenvalue weighted by Crippen LogP contribution is 2.23. The summed E-state index contributed by atoms with van der Waals surface area (Å²) in [6.07, 6.45) is 2.07. The number of aromatic nitrogens is 3.